The van der Waals surface area contributed by atoms with E-state index in [1.807, 2.05) is 18.2 Å². The van der Waals surface area contributed by atoms with Gasteiger partial charge in [-0.05, 0) is 34.8 Å². The van der Waals surface area contributed by atoms with E-state index in [1.165, 1.54) is 0 Å². The lowest BCUT2D eigenvalue weighted by Crippen LogP contribution is -2.10. The van der Waals surface area contributed by atoms with Gasteiger partial charge in [0.1, 0.15) is 0 Å². The molecule has 0 bridgehead atoms. The monoisotopic (exact) mass is 246 g/mol. The fraction of sp³-hybridized carbons (Fsp3) is 0.400. The molecule has 3 nitrogen and oxygen atoms in total. The predicted octanol–water partition coefficient (Wildman–Crippen LogP) is 3.09. The minimum atomic E-state index is -0.114. The molecule has 0 N–H and O–H groups in total. The molecule has 0 heterocycles. The van der Waals surface area contributed by atoms with Crippen LogP contribution in [0, 0.1) is 5.41 Å². The van der Waals surface area contributed by atoms with Gasteiger partial charge in [0.05, 0.1) is 14.2 Å². The van der Waals surface area contributed by atoms with Gasteiger partial charge in [0.15, 0.2) is 17.3 Å². The summed E-state index contributed by atoms with van der Waals surface area (Å²) in [6, 6.07) is 5.76. The number of carbonyl (C=O) groups is 1. The highest BCUT2D eigenvalue weighted by Crippen LogP contribution is 2.44. The summed E-state index contributed by atoms with van der Waals surface area (Å²) in [6.45, 7) is 4.17. The second-order valence-electron chi connectivity index (χ2n) is 5.15. The molecule has 0 unspecified atom stereocenters. The first-order valence-electron chi connectivity index (χ1n) is 5.95. The van der Waals surface area contributed by atoms with Gasteiger partial charge in [0.2, 0.25) is 0 Å². The number of hydrogen-bond donors (Lipinski definition) is 0. The largest absolute Gasteiger partial charge is 0.493 e. The third kappa shape index (κ3) is 2.13. The normalized spacial score (nSPS) is 17.6. The van der Waals surface area contributed by atoms with Crippen molar-refractivity contribution in [1.82, 2.24) is 0 Å². The third-order valence-electron chi connectivity index (χ3n) is 3.35. The molecule has 0 saturated carbocycles. The molecule has 0 saturated heterocycles. The van der Waals surface area contributed by atoms with Crippen LogP contribution in [-0.4, -0.2) is 20.0 Å². The molecule has 0 atom stereocenters. The van der Waals surface area contributed by atoms with Crippen LogP contribution in [0.25, 0.3) is 5.57 Å². The van der Waals surface area contributed by atoms with E-state index in [4.69, 9.17) is 9.47 Å². The number of hydrogen-bond acceptors (Lipinski definition) is 3. The molecule has 0 amide bonds. The molecule has 1 aromatic rings. The first-order chi connectivity index (χ1) is 8.47. The van der Waals surface area contributed by atoms with Gasteiger partial charge < -0.3 is 9.47 Å². The van der Waals surface area contributed by atoms with Crippen LogP contribution < -0.4 is 9.47 Å². The number of allylic oxidation sites excluding steroid dienone is 2. The molecule has 96 valence electrons. The van der Waals surface area contributed by atoms with Crippen molar-refractivity contribution in [3.05, 3.63) is 29.8 Å². The van der Waals surface area contributed by atoms with Gasteiger partial charge in [0.25, 0.3) is 0 Å². The maximum Gasteiger partial charge on any atom is 0.161 e. The van der Waals surface area contributed by atoms with Gasteiger partial charge in [-0.2, -0.15) is 0 Å². The summed E-state index contributed by atoms with van der Waals surface area (Å²) in [7, 11) is 3.22. The first-order valence-corrected chi connectivity index (χ1v) is 5.95. The molecule has 2 rings (SSSR count). The molecule has 18 heavy (non-hydrogen) atoms. The number of methoxy groups -OCH3 is 2. The van der Waals surface area contributed by atoms with Gasteiger partial charge in [-0.25, -0.2) is 0 Å². The number of rotatable bonds is 3. The average Bonchev–Trinajstić information content (AvgIpc) is 2.61. The van der Waals surface area contributed by atoms with Crippen molar-refractivity contribution in [3.63, 3.8) is 0 Å². The molecule has 0 aliphatic heterocycles. The van der Waals surface area contributed by atoms with Crippen molar-refractivity contribution in [2.75, 3.05) is 14.2 Å². The summed E-state index contributed by atoms with van der Waals surface area (Å²) in [5, 5.41) is 0. The van der Waals surface area contributed by atoms with E-state index in [-0.39, 0.29) is 11.2 Å². The number of ketones is 1. The summed E-state index contributed by atoms with van der Waals surface area (Å²) in [4.78, 5) is 11.6. The molecule has 0 fully saturated rings. The molecule has 3 heteroatoms. The molecule has 1 aliphatic rings. The molecule has 1 aromatic carbocycles. The zero-order chi connectivity index (χ0) is 13.3. The minimum absolute atomic E-state index is 0.114. The van der Waals surface area contributed by atoms with Gasteiger partial charge in [0, 0.05) is 6.42 Å². The van der Waals surface area contributed by atoms with Crippen LogP contribution in [0.5, 0.6) is 11.5 Å². The van der Waals surface area contributed by atoms with Gasteiger partial charge in [-0.3, -0.25) is 4.79 Å². The van der Waals surface area contributed by atoms with E-state index in [9.17, 15) is 4.79 Å². The van der Waals surface area contributed by atoms with Crippen LogP contribution in [-0.2, 0) is 4.79 Å². The van der Waals surface area contributed by atoms with Crippen LogP contribution >= 0.6 is 0 Å². The van der Waals surface area contributed by atoms with Crippen molar-refractivity contribution >= 4 is 11.4 Å². The molecule has 0 radical (unpaired) electrons. The summed E-state index contributed by atoms with van der Waals surface area (Å²) in [5.74, 6) is 1.57. The second kappa shape index (κ2) is 4.48. The van der Waals surface area contributed by atoms with E-state index in [0.29, 0.717) is 17.9 Å². The maximum atomic E-state index is 11.6. The van der Waals surface area contributed by atoms with E-state index >= 15 is 0 Å². The maximum absolute atomic E-state index is 11.6. The third-order valence-corrected chi connectivity index (χ3v) is 3.35. The van der Waals surface area contributed by atoms with Crippen LogP contribution in [0.15, 0.2) is 24.3 Å². The Bertz CT molecular complexity index is 512. The van der Waals surface area contributed by atoms with Crippen LogP contribution in [0.4, 0.5) is 0 Å². The zero-order valence-corrected chi connectivity index (χ0v) is 11.2. The highest BCUT2D eigenvalue weighted by Gasteiger charge is 2.33. The summed E-state index contributed by atoms with van der Waals surface area (Å²) in [6.07, 6.45) is 2.30. The number of ether oxygens (including phenoxy) is 2. The van der Waals surface area contributed by atoms with Gasteiger partial charge >= 0.3 is 0 Å². The molecular formula is C15H18O3. The summed E-state index contributed by atoms with van der Waals surface area (Å²) in [5.41, 5.74) is 1.97. The summed E-state index contributed by atoms with van der Waals surface area (Å²) < 4.78 is 10.5. The quantitative estimate of drug-likeness (QED) is 0.822. The van der Waals surface area contributed by atoms with E-state index in [1.54, 1.807) is 20.3 Å². The zero-order valence-electron chi connectivity index (χ0n) is 11.2. The average molecular weight is 246 g/mol. The van der Waals surface area contributed by atoms with E-state index in [0.717, 1.165) is 11.1 Å². The summed E-state index contributed by atoms with van der Waals surface area (Å²) >= 11 is 0. The Morgan fingerprint density at radius 1 is 1.11 bits per heavy atom. The topological polar surface area (TPSA) is 35.5 Å². The van der Waals surface area contributed by atoms with Crippen molar-refractivity contribution in [2.24, 2.45) is 5.41 Å². The Balaban J connectivity index is 2.46. The van der Waals surface area contributed by atoms with Crippen molar-refractivity contribution in [3.8, 4) is 11.5 Å². The molecular weight excluding hydrogens is 228 g/mol. The Morgan fingerprint density at radius 2 is 1.78 bits per heavy atom. The Hall–Kier alpha value is -1.77. The SMILES string of the molecule is COc1ccc(C2=CC(=O)CC2(C)C)cc1OC. The first kappa shape index (κ1) is 12.7. The van der Waals surface area contributed by atoms with Crippen molar-refractivity contribution in [1.29, 1.82) is 0 Å². The molecule has 1 aliphatic carbocycles. The molecule has 0 spiro atoms. The lowest BCUT2D eigenvalue weighted by atomic mass is 9.82. The standard InChI is InChI=1S/C15H18O3/c1-15(2)9-11(16)8-12(15)10-5-6-13(17-3)14(7-10)18-4/h5-8H,9H2,1-4H3. The van der Waals surface area contributed by atoms with Crippen LogP contribution in [0.3, 0.4) is 0 Å². The number of benzene rings is 1. The van der Waals surface area contributed by atoms with Crippen LogP contribution in [0.2, 0.25) is 0 Å². The lowest BCUT2D eigenvalue weighted by molar-refractivity contribution is -0.114. The second-order valence-corrected chi connectivity index (χ2v) is 5.15. The van der Waals surface area contributed by atoms with Crippen molar-refractivity contribution < 1.29 is 14.3 Å². The lowest BCUT2D eigenvalue weighted by Gasteiger charge is -2.22. The van der Waals surface area contributed by atoms with E-state index < -0.39 is 0 Å². The highest BCUT2D eigenvalue weighted by atomic mass is 16.5. The minimum Gasteiger partial charge on any atom is -0.493 e. The number of carbonyl (C=O) groups excluding carboxylic acids is 1. The van der Waals surface area contributed by atoms with Gasteiger partial charge in [-0.1, -0.05) is 19.9 Å². The Kier molecular flexibility index (Phi) is 3.16. The fourth-order valence-corrected chi connectivity index (χ4v) is 2.42. The Morgan fingerprint density at radius 3 is 2.28 bits per heavy atom. The van der Waals surface area contributed by atoms with Gasteiger partial charge in [-0.15, -0.1) is 0 Å². The van der Waals surface area contributed by atoms with Crippen molar-refractivity contribution in [2.45, 2.75) is 20.3 Å². The predicted molar refractivity (Wildman–Crippen MR) is 70.9 cm³/mol. The Labute approximate surface area is 107 Å². The van der Waals surface area contributed by atoms with E-state index in [2.05, 4.69) is 13.8 Å². The fourth-order valence-electron chi connectivity index (χ4n) is 2.42. The van der Waals surface area contributed by atoms with Crippen LogP contribution in [0.1, 0.15) is 25.8 Å². The highest BCUT2D eigenvalue weighted by molar-refractivity contribution is 6.03. The smallest absolute Gasteiger partial charge is 0.161 e. The molecule has 0 aromatic heterocycles.